The molecule has 0 radical (unpaired) electrons. The smallest absolute Gasteiger partial charge is 0.318 e. The number of nitrogens with one attached hydrogen (secondary N) is 1. The monoisotopic (exact) mass is 396 g/mol. The van der Waals surface area contributed by atoms with Gasteiger partial charge in [-0.2, -0.15) is 0 Å². The number of amides is 1. The first-order valence-electron chi connectivity index (χ1n) is 6.78. The lowest BCUT2D eigenvalue weighted by molar-refractivity contribution is -0.131. The standard InChI is InChI=1S/C16H7Cl3N2O4/c17-8-6-9-10(12(19)11(8)18)13(14(22)15(23)20-9)21-25-16(24)7-4-2-1-3-5-7/h1-6H,(H,20,23). The first kappa shape index (κ1) is 17.4. The summed E-state index contributed by atoms with van der Waals surface area (Å²) in [5.41, 5.74) is -0.0494. The van der Waals surface area contributed by atoms with Gasteiger partial charge in [-0.05, 0) is 18.2 Å². The molecular formula is C16H7Cl3N2O4. The fourth-order valence-corrected chi connectivity index (χ4v) is 2.82. The van der Waals surface area contributed by atoms with Crippen LogP contribution in [0.5, 0.6) is 0 Å². The van der Waals surface area contributed by atoms with Crippen molar-refractivity contribution in [1.82, 2.24) is 0 Å². The fourth-order valence-electron chi connectivity index (χ4n) is 2.13. The molecule has 0 spiro atoms. The summed E-state index contributed by atoms with van der Waals surface area (Å²) in [6.45, 7) is 0. The SMILES string of the molecule is O=C1Nc2cc(Cl)c(Cl)c(Cl)c2C(=NOC(=O)c2ccccc2)C1=O. The Balaban J connectivity index is 2.04. The summed E-state index contributed by atoms with van der Waals surface area (Å²) in [4.78, 5) is 40.7. The average molecular weight is 398 g/mol. The second-order valence-electron chi connectivity index (χ2n) is 4.88. The maximum absolute atomic E-state index is 12.1. The van der Waals surface area contributed by atoms with Crippen LogP contribution in [0.4, 0.5) is 5.69 Å². The maximum Gasteiger partial charge on any atom is 0.365 e. The number of carbonyl (C=O) groups is 3. The molecule has 2 aromatic carbocycles. The molecule has 0 atom stereocenters. The predicted molar refractivity (Wildman–Crippen MR) is 93.5 cm³/mol. The van der Waals surface area contributed by atoms with Crippen molar-refractivity contribution in [2.45, 2.75) is 0 Å². The van der Waals surface area contributed by atoms with Crippen molar-refractivity contribution < 1.29 is 19.2 Å². The van der Waals surface area contributed by atoms with E-state index in [0.29, 0.717) is 0 Å². The summed E-state index contributed by atoms with van der Waals surface area (Å²) in [5.74, 6) is -2.78. The number of oxime groups is 1. The first-order chi connectivity index (χ1) is 11.9. The van der Waals surface area contributed by atoms with E-state index >= 15 is 0 Å². The number of ketones is 1. The number of hydrogen-bond donors (Lipinski definition) is 1. The van der Waals surface area contributed by atoms with Crippen LogP contribution in [-0.4, -0.2) is 23.4 Å². The van der Waals surface area contributed by atoms with E-state index in [1.165, 1.54) is 18.2 Å². The van der Waals surface area contributed by atoms with Crippen LogP contribution in [-0.2, 0) is 14.4 Å². The molecule has 1 amide bonds. The third kappa shape index (κ3) is 3.24. The number of fused-ring (bicyclic) bond motifs is 1. The lowest BCUT2D eigenvalue weighted by Gasteiger charge is -2.19. The average Bonchev–Trinajstić information content (AvgIpc) is 2.61. The van der Waals surface area contributed by atoms with Crippen molar-refractivity contribution in [3.63, 3.8) is 0 Å². The zero-order valence-electron chi connectivity index (χ0n) is 12.2. The summed E-state index contributed by atoms with van der Waals surface area (Å²) in [6.07, 6.45) is 0. The van der Waals surface area contributed by atoms with Crippen molar-refractivity contribution in [2.24, 2.45) is 5.16 Å². The van der Waals surface area contributed by atoms with Crippen LogP contribution in [0.1, 0.15) is 15.9 Å². The fraction of sp³-hybridized carbons (Fsp3) is 0. The molecule has 0 saturated carbocycles. The second-order valence-corrected chi connectivity index (χ2v) is 6.04. The molecule has 0 aliphatic carbocycles. The van der Waals surface area contributed by atoms with Gasteiger partial charge in [0.1, 0.15) is 0 Å². The van der Waals surface area contributed by atoms with Gasteiger partial charge in [0, 0.05) is 0 Å². The van der Waals surface area contributed by atoms with Crippen molar-refractivity contribution in [3.05, 3.63) is 62.6 Å². The van der Waals surface area contributed by atoms with Gasteiger partial charge in [-0.1, -0.05) is 58.2 Å². The van der Waals surface area contributed by atoms with Gasteiger partial charge < -0.3 is 10.2 Å². The van der Waals surface area contributed by atoms with Gasteiger partial charge in [-0.3, -0.25) is 9.59 Å². The van der Waals surface area contributed by atoms with E-state index in [4.69, 9.17) is 39.6 Å². The minimum absolute atomic E-state index is 0.0203. The van der Waals surface area contributed by atoms with Gasteiger partial charge in [0.15, 0.2) is 5.71 Å². The molecule has 126 valence electrons. The third-order valence-corrected chi connectivity index (χ3v) is 4.56. The van der Waals surface area contributed by atoms with E-state index in [2.05, 4.69) is 10.5 Å². The number of hydrogen-bond acceptors (Lipinski definition) is 5. The van der Waals surface area contributed by atoms with E-state index in [1.54, 1.807) is 18.2 Å². The molecule has 2 aromatic rings. The topological polar surface area (TPSA) is 84.8 Å². The van der Waals surface area contributed by atoms with Crippen LogP contribution >= 0.6 is 34.8 Å². The van der Waals surface area contributed by atoms with Crippen LogP contribution < -0.4 is 5.32 Å². The molecule has 1 heterocycles. The molecule has 1 N–H and O–H groups in total. The maximum atomic E-state index is 12.1. The number of rotatable bonds is 2. The Bertz CT molecular complexity index is 942. The Morgan fingerprint density at radius 2 is 1.72 bits per heavy atom. The molecule has 0 aromatic heterocycles. The number of halogens is 3. The van der Waals surface area contributed by atoms with E-state index in [-0.39, 0.29) is 31.9 Å². The molecule has 1 aliphatic rings. The molecule has 25 heavy (non-hydrogen) atoms. The molecule has 9 heteroatoms. The molecule has 0 saturated heterocycles. The molecule has 0 bridgehead atoms. The van der Waals surface area contributed by atoms with Crippen LogP contribution in [0.2, 0.25) is 15.1 Å². The van der Waals surface area contributed by atoms with Gasteiger partial charge in [0.2, 0.25) is 0 Å². The number of carbonyl (C=O) groups excluding carboxylic acids is 3. The zero-order valence-corrected chi connectivity index (χ0v) is 14.4. The van der Waals surface area contributed by atoms with Gasteiger partial charge in [0.25, 0.3) is 11.7 Å². The lowest BCUT2D eigenvalue weighted by Crippen LogP contribution is -2.36. The van der Waals surface area contributed by atoms with Crippen LogP contribution in [0.3, 0.4) is 0 Å². The Morgan fingerprint density at radius 3 is 2.40 bits per heavy atom. The minimum atomic E-state index is -1.02. The van der Waals surface area contributed by atoms with Gasteiger partial charge in [-0.15, -0.1) is 0 Å². The van der Waals surface area contributed by atoms with Gasteiger partial charge in [0.05, 0.1) is 31.9 Å². The summed E-state index contributed by atoms with van der Waals surface area (Å²) >= 11 is 18.0. The van der Waals surface area contributed by atoms with Crippen molar-refractivity contribution >= 4 is 63.9 Å². The lowest BCUT2D eigenvalue weighted by atomic mass is 9.99. The van der Waals surface area contributed by atoms with Gasteiger partial charge in [-0.25, -0.2) is 4.79 Å². The van der Waals surface area contributed by atoms with E-state index in [9.17, 15) is 14.4 Å². The summed E-state index contributed by atoms with van der Waals surface area (Å²) in [5, 5.41) is 5.84. The van der Waals surface area contributed by atoms with Crippen molar-refractivity contribution in [1.29, 1.82) is 0 Å². The Labute approximate surface area is 156 Å². The summed E-state index contributed by atoms with van der Waals surface area (Å²) < 4.78 is 0. The van der Waals surface area contributed by atoms with Crippen LogP contribution in [0.25, 0.3) is 0 Å². The number of benzene rings is 2. The normalized spacial score (nSPS) is 14.9. The number of nitrogens with zero attached hydrogens (tertiary/aromatic N) is 1. The Hall–Kier alpha value is -2.41. The van der Waals surface area contributed by atoms with Crippen molar-refractivity contribution in [2.75, 3.05) is 5.32 Å². The second kappa shape index (κ2) is 6.84. The molecule has 6 nitrogen and oxygen atoms in total. The number of Topliss-reactive ketones (excluding diaryl/α,β-unsaturated/α-hetero) is 1. The third-order valence-electron chi connectivity index (χ3n) is 3.30. The number of anilines is 1. The minimum Gasteiger partial charge on any atom is -0.318 e. The summed E-state index contributed by atoms with van der Waals surface area (Å²) in [6, 6.07) is 9.34. The van der Waals surface area contributed by atoms with Gasteiger partial charge >= 0.3 is 5.97 Å². The van der Waals surface area contributed by atoms with E-state index in [1.807, 2.05) is 0 Å². The van der Waals surface area contributed by atoms with E-state index < -0.39 is 23.4 Å². The highest BCUT2D eigenvalue weighted by Gasteiger charge is 2.35. The quantitative estimate of drug-likeness (QED) is 0.362. The summed E-state index contributed by atoms with van der Waals surface area (Å²) in [7, 11) is 0. The highest BCUT2D eigenvalue weighted by molar-refractivity contribution is 6.73. The van der Waals surface area contributed by atoms with Crippen molar-refractivity contribution in [3.8, 4) is 0 Å². The molecule has 3 rings (SSSR count). The predicted octanol–water partition coefficient (Wildman–Crippen LogP) is 3.73. The highest BCUT2D eigenvalue weighted by Crippen LogP contribution is 2.39. The molecule has 0 fully saturated rings. The van der Waals surface area contributed by atoms with E-state index in [0.717, 1.165) is 0 Å². The Kier molecular flexibility index (Phi) is 4.76. The highest BCUT2D eigenvalue weighted by atomic mass is 35.5. The first-order valence-corrected chi connectivity index (χ1v) is 7.91. The van der Waals surface area contributed by atoms with Crippen LogP contribution in [0, 0.1) is 0 Å². The zero-order chi connectivity index (χ0) is 18.1. The molecule has 1 aliphatic heterocycles. The molecule has 0 unspecified atom stereocenters. The molecular weight excluding hydrogens is 391 g/mol. The largest absolute Gasteiger partial charge is 0.365 e. The van der Waals surface area contributed by atoms with Crippen LogP contribution in [0.15, 0.2) is 41.6 Å². The Morgan fingerprint density at radius 1 is 1.04 bits per heavy atom.